The lowest BCUT2D eigenvalue weighted by molar-refractivity contribution is 0.105. The second-order valence-corrected chi connectivity index (χ2v) is 18.7. The number of H-pyrrole nitrogens is 4. The fraction of sp³-hybridized carbons (Fsp3) is 0. The first-order valence-corrected chi connectivity index (χ1v) is 24.5. The maximum absolute atomic E-state index is 14.4. The molecule has 0 atom stereocenters. The van der Waals surface area contributed by atoms with E-state index in [1.807, 2.05) is 109 Å². The highest BCUT2D eigenvalue weighted by Gasteiger charge is 2.32. The molecule has 16 bridgehead atoms. The van der Waals surface area contributed by atoms with Crippen molar-refractivity contribution in [3.63, 3.8) is 0 Å². The lowest BCUT2D eigenvalue weighted by atomic mass is 9.93. The second-order valence-electron chi connectivity index (χ2n) is 18.7. The van der Waals surface area contributed by atoms with E-state index in [4.69, 9.17) is 20.0 Å². The molecule has 0 aliphatic carbocycles. The number of aromatic nitrogens is 4. The number of carbonyl (C=O) groups excluding carboxylic acids is 2. The first kappa shape index (κ1) is 41.5. The van der Waals surface area contributed by atoms with Crippen molar-refractivity contribution in [1.82, 2.24) is 19.9 Å². The average Bonchev–Trinajstić information content (AvgIpc) is 4.29. The van der Waals surface area contributed by atoms with Crippen molar-refractivity contribution >= 4 is 78.5 Å². The van der Waals surface area contributed by atoms with Crippen molar-refractivity contribution in [2.45, 2.75) is 0 Å². The van der Waals surface area contributed by atoms with Gasteiger partial charge in [0.15, 0.2) is 0 Å². The minimum Gasteiger partial charge on any atom is -0.354 e. The summed E-state index contributed by atoms with van der Waals surface area (Å²) in [6.07, 6.45) is 15.7. The summed E-state index contributed by atoms with van der Waals surface area (Å²) in [6, 6.07) is 52.5. The van der Waals surface area contributed by atoms with Crippen LogP contribution in [0, 0.1) is 0 Å². The minimum atomic E-state index is -0.214. The van der Waals surface area contributed by atoms with E-state index in [1.165, 1.54) is 0 Å². The number of nitrogens with zero attached hydrogens (tertiary/aromatic N) is 4. The van der Waals surface area contributed by atoms with E-state index in [0.717, 1.165) is 123 Å². The molecule has 0 radical (unpaired) electrons. The van der Waals surface area contributed by atoms with Gasteiger partial charge in [0.25, 0.3) is 0 Å². The summed E-state index contributed by atoms with van der Waals surface area (Å²) in [5, 5.41) is 1.86. The Morgan fingerprint density at radius 2 is 0.581 bits per heavy atom. The number of allylic oxidation sites excluding steroid dienone is 8. The SMILES string of the molecule is O=C1C2=NC(=C(c3ccccc3)c3cc4c([nH]3)c(c3c5[nH]c(cc54)C(c4ccccc4)=C4C=CC(=N4)C(=O)c4ccc([nH]4)C(c4ccccc4)=C4C=CC3=N4)C3=NC(=C(c4ccccc4)c4ccc1[nH]4)C=C3)C=C2. The predicted molar refractivity (Wildman–Crippen MR) is 295 cm³/mol. The lowest BCUT2D eigenvalue weighted by Crippen LogP contribution is -2.11. The number of aliphatic imine (C=N–C) groups is 4. The van der Waals surface area contributed by atoms with E-state index < -0.39 is 0 Å². The molecule has 10 heteroatoms. The van der Waals surface area contributed by atoms with Crippen molar-refractivity contribution in [2.24, 2.45) is 20.0 Å². The molecule has 0 saturated heterocycles. The van der Waals surface area contributed by atoms with Gasteiger partial charge in [-0.1, -0.05) is 121 Å². The van der Waals surface area contributed by atoms with Gasteiger partial charge < -0.3 is 19.9 Å². The second kappa shape index (κ2) is 16.1. The van der Waals surface area contributed by atoms with Crippen LogP contribution in [0.3, 0.4) is 0 Å². The van der Waals surface area contributed by atoms with Crippen LogP contribution < -0.4 is 0 Å². The van der Waals surface area contributed by atoms with E-state index >= 15 is 0 Å². The van der Waals surface area contributed by atoms with Crippen molar-refractivity contribution in [2.75, 3.05) is 0 Å². The highest BCUT2D eigenvalue weighted by atomic mass is 16.1. The molecule has 0 unspecified atom stereocenters. The minimum absolute atomic E-state index is 0.214. The highest BCUT2D eigenvalue weighted by molar-refractivity contribution is 6.51. The summed E-state index contributed by atoms with van der Waals surface area (Å²) in [7, 11) is 0. The Hall–Kier alpha value is -10.3. The third-order valence-corrected chi connectivity index (χ3v) is 14.4. The van der Waals surface area contributed by atoms with Gasteiger partial charge in [-0.15, -0.1) is 0 Å². The summed E-state index contributed by atoms with van der Waals surface area (Å²) in [5.41, 5.74) is 19.3. The number of ketones is 2. The maximum atomic E-state index is 14.4. The molecule has 10 nitrogen and oxygen atoms in total. The van der Waals surface area contributed by atoms with Crippen LogP contribution >= 0.6 is 0 Å². The van der Waals surface area contributed by atoms with Gasteiger partial charge in [0, 0.05) is 67.0 Å². The fourth-order valence-corrected chi connectivity index (χ4v) is 11.1. The van der Waals surface area contributed by atoms with Crippen molar-refractivity contribution < 1.29 is 9.59 Å². The van der Waals surface area contributed by atoms with Crippen LogP contribution in [0.5, 0.6) is 0 Å². The zero-order valence-electron chi connectivity index (χ0n) is 39.2. The zero-order valence-corrected chi connectivity index (χ0v) is 39.2. The summed E-state index contributed by atoms with van der Waals surface area (Å²) < 4.78 is 0. The van der Waals surface area contributed by atoms with E-state index in [2.05, 4.69) is 105 Å². The molecule has 5 aromatic carbocycles. The molecule has 0 fully saturated rings. The Bertz CT molecular complexity index is 4110. The van der Waals surface area contributed by atoms with E-state index in [0.29, 0.717) is 34.2 Å². The summed E-state index contributed by atoms with van der Waals surface area (Å²) in [4.78, 5) is 65.0. The van der Waals surface area contributed by atoms with Gasteiger partial charge >= 0.3 is 0 Å². The van der Waals surface area contributed by atoms with Gasteiger partial charge in [-0.25, -0.2) is 20.0 Å². The lowest BCUT2D eigenvalue weighted by Gasteiger charge is -2.14. The number of hydrogen-bond acceptors (Lipinski definition) is 6. The molecule has 74 heavy (non-hydrogen) atoms. The molecule has 4 aromatic heterocycles. The summed E-state index contributed by atoms with van der Waals surface area (Å²) in [6.45, 7) is 0. The topological polar surface area (TPSA) is 147 Å². The Balaban J connectivity index is 1.11. The molecular formula is C64H38N8O2. The number of carbonyl (C=O) groups is 2. The average molecular weight is 951 g/mol. The Kier molecular flexibility index (Phi) is 9.02. The maximum Gasteiger partial charge on any atom is 0.227 e. The molecule has 15 rings (SSSR count). The molecule has 10 heterocycles. The van der Waals surface area contributed by atoms with Crippen LogP contribution in [0.2, 0.25) is 0 Å². The number of hydrogen-bond donors (Lipinski definition) is 4. The molecule has 6 aliphatic rings. The number of fused-ring (bicyclic) bond motifs is 14. The van der Waals surface area contributed by atoms with Crippen LogP contribution in [-0.2, 0) is 0 Å². The van der Waals surface area contributed by atoms with Gasteiger partial charge in [-0.2, -0.15) is 0 Å². The third kappa shape index (κ3) is 6.45. The monoisotopic (exact) mass is 950 g/mol. The number of benzene rings is 5. The van der Waals surface area contributed by atoms with Crippen LogP contribution in [0.25, 0.3) is 44.1 Å². The van der Waals surface area contributed by atoms with Gasteiger partial charge in [0.1, 0.15) is 11.4 Å². The molecule has 0 saturated carbocycles. The quantitative estimate of drug-likeness (QED) is 0.139. The Labute approximate surface area is 422 Å². The van der Waals surface area contributed by atoms with Gasteiger partial charge in [-0.3, -0.25) is 9.59 Å². The predicted octanol–water partition coefficient (Wildman–Crippen LogP) is 12.9. The molecule has 9 aromatic rings. The molecule has 0 amide bonds. The van der Waals surface area contributed by atoms with E-state index in [1.54, 1.807) is 12.2 Å². The molecule has 4 N–H and O–H groups in total. The standard InChI is InChI=1S/C64H38N8O2/c73-63-49-29-25-43(67-49)55(35-13-5-1-6-14-35)41-21-23-47(65-41)59-60-48-24-22-42(66-48)56(36-15-7-2-8-16-36)44-26-30-50(68-44)64(74)52-32-28-46(70-52)58(38-19-11-4-12-20-38)54-34-40(62(60)72-54)39-33-53(71-61(39)59)57(37-17-9-3-10-18-37)45-27-31-51(63)69-45/h1-34,67-68,71-72H. The number of rotatable bonds is 4. The van der Waals surface area contributed by atoms with Gasteiger partial charge in [0.05, 0.1) is 56.6 Å². The number of Topliss-reactive ketones (excluding diaryl/α,β-unsaturated/α-hetero) is 2. The number of nitrogens with one attached hydrogen (secondary N) is 4. The Morgan fingerprint density at radius 1 is 0.284 bits per heavy atom. The van der Waals surface area contributed by atoms with Crippen molar-refractivity contribution in [3.05, 3.63) is 297 Å². The smallest absolute Gasteiger partial charge is 0.227 e. The summed E-state index contributed by atoms with van der Waals surface area (Å²) in [5.74, 6) is -0.428. The Morgan fingerprint density at radius 3 is 0.932 bits per heavy atom. The highest BCUT2D eigenvalue weighted by Crippen LogP contribution is 2.44. The van der Waals surface area contributed by atoms with Crippen LogP contribution in [0.1, 0.15) is 77.1 Å². The van der Waals surface area contributed by atoms with Crippen molar-refractivity contribution in [3.8, 4) is 0 Å². The first-order chi connectivity index (χ1) is 36.5. The number of aromatic amines is 4. The van der Waals surface area contributed by atoms with Gasteiger partial charge in [0.2, 0.25) is 11.6 Å². The van der Waals surface area contributed by atoms with Crippen LogP contribution in [0.15, 0.2) is 249 Å². The zero-order chi connectivity index (χ0) is 49.0. The van der Waals surface area contributed by atoms with Crippen LogP contribution in [-0.4, -0.2) is 54.3 Å². The summed E-state index contributed by atoms with van der Waals surface area (Å²) >= 11 is 0. The first-order valence-electron chi connectivity index (χ1n) is 24.5. The molecule has 0 spiro atoms. The molecule has 6 aliphatic heterocycles. The van der Waals surface area contributed by atoms with Crippen molar-refractivity contribution in [1.29, 1.82) is 0 Å². The third-order valence-electron chi connectivity index (χ3n) is 14.4. The normalized spacial score (nSPS) is 16.6. The molecule has 346 valence electrons. The largest absolute Gasteiger partial charge is 0.354 e. The van der Waals surface area contributed by atoms with Crippen LogP contribution in [0.4, 0.5) is 0 Å². The van der Waals surface area contributed by atoms with E-state index in [-0.39, 0.29) is 11.6 Å². The van der Waals surface area contributed by atoms with Gasteiger partial charge in [-0.05, 0) is 107 Å². The fourth-order valence-electron chi connectivity index (χ4n) is 11.1. The van der Waals surface area contributed by atoms with E-state index in [9.17, 15) is 9.59 Å². The molecular weight excluding hydrogens is 913 g/mol.